The molecular weight excluding hydrogens is 390 g/mol. The van der Waals surface area contributed by atoms with Gasteiger partial charge in [0, 0.05) is 12.1 Å². The number of unbranched alkanes of at least 4 members (excludes halogenated alkanes) is 1. The number of H-pyrrole nitrogens is 1. The first kappa shape index (κ1) is 19.8. The molecule has 0 bridgehead atoms. The Morgan fingerprint density at radius 3 is 2.70 bits per heavy atom. The number of carbonyl (C=O) groups excluding carboxylic acids is 1. The average Bonchev–Trinajstić information content (AvgIpc) is 3.12. The number of esters is 1. The number of nitrogens with one attached hydrogen (secondary N) is 2. The summed E-state index contributed by atoms with van der Waals surface area (Å²) >= 11 is 0. The van der Waals surface area contributed by atoms with E-state index in [4.69, 9.17) is 14.2 Å². The van der Waals surface area contributed by atoms with Gasteiger partial charge in [-0.15, -0.1) is 0 Å². The van der Waals surface area contributed by atoms with Gasteiger partial charge in [-0.3, -0.25) is 14.3 Å². The monoisotopic (exact) mass is 413 g/mol. The summed E-state index contributed by atoms with van der Waals surface area (Å²) in [6, 6.07) is 5.28. The number of para-hydroxylation sites is 1. The van der Waals surface area contributed by atoms with Crippen LogP contribution in [0.1, 0.15) is 36.8 Å². The molecule has 3 heterocycles. The molecule has 0 fully saturated rings. The van der Waals surface area contributed by atoms with E-state index >= 15 is 0 Å². The van der Waals surface area contributed by atoms with E-state index in [0.29, 0.717) is 40.7 Å². The normalized spacial score (nSPS) is 17.2. The van der Waals surface area contributed by atoms with Crippen LogP contribution in [0.15, 0.2) is 39.1 Å². The van der Waals surface area contributed by atoms with Gasteiger partial charge in [0.05, 0.1) is 37.0 Å². The van der Waals surface area contributed by atoms with Gasteiger partial charge in [-0.25, -0.2) is 9.59 Å². The summed E-state index contributed by atoms with van der Waals surface area (Å²) in [4.78, 5) is 40.6. The van der Waals surface area contributed by atoms with Crippen molar-refractivity contribution in [3.63, 3.8) is 0 Å². The van der Waals surface area contributed by atoms with Gasteiger partial charge < -0.3 is 19.5 Å². The van der Waals surface area contributed by atoms with E-state index in [9.17, 15) is 14.4 Å². The van der Waals surface area contributed by atoms with Crippen LogP contribution in [0.25, 0.3) is 0 Å². The molecule has 0 saturated carbocycles. The third-order valence-electron chi connectivity index (χ3n) is 5.45. The number of methoxy groups -OCH3 is 2. The Labute approximate surface area is 172 Å². The van der Waals surface area contributed by atoms with Crippen LogP contribution in [-0.2, 0) is 16.1 Å². The summed E-state index contributed by atoms with van der Waals surface area (Å²) in [6.07, 6.45) is 1.64. The van der Waals surface area contributed by atoms with E-state index in [-0.39, 0.29) is 12.2 Å². The number of benzene rings is 1. The zero-order valence-corrected chi connectivity index (χ0v) is 17.0. The first-order valence-electron chi connectivity index (χ1n) is 9.76. The lowest BCUT2D eigenvalue weighted by Gasteiger charge is -2.29. The molecule has 2 aliphatic rings. The number of nitrogens with zero attached hydrogens (tertiary/aromatic N) is 1. The predicted octanol–water partition coefficient (Wildman–Crippen LogP) is 1.72. The van der Waals surface area contributed by atoms with Crippen LogP contribution in [0.3, 0.4) is 0 Å². The number of cyclic esters (lactones) is 1. The fourth-order valence-electron chi connectivity index (χ4n) is 4.07. The molecule has 0 spiro atoms. The summed E-state index contributed by atoms with van der Waals surface area (Å²) < 4.78 is 17.7. The second-order valence-corrected chi connectivity index (χ2v) is 7.14. The molecule has 1 aromatic heterocycles. The molecule has 1 atom stereocenters. The molecule has 9 nitrogen and oxygen atoms in total. The second-order valence-electron chi connectivity index (χ2n) is 7.14. The van der Waals surface area contributed by atoms with E-state index in [1.54, 1.807) is 18.2 Å². The Balaban J connectivity index is 2.04. The van der Waals surface area contributed by atoms with E-state index in [0.717, 1.165) is 12.8 Å². The molecule has 0 amide bonds. The molecule has 0 aliphatic carbocycles. The molecule has 158 valence electrons. The number of fused-ring (bicyclic) bond motifs is 1. The van der Waals surface area contributed by atoms with Crippen LogP contribution in [0, 0.1) is 0 Å². The van der Waals surface area contributed by atoms with Crippen LogP contribution in [-0.4, -0.2) is 36.3 Å². The minimum atomic E-state index is -0.770. The van der Waals surface area contributed by atoms with Gasteiger partial charge in [0.25, 0.3) is 5.56 Å². The number of aromatic amines is 1. The molecule has 1 aromatic carbocycles. The second kappa shape index (κ2) is 7.74. The van der Waals surface area contributed by atoms with Crippen molar-refractivity contribution >= 4 is 11.8 Å². The molecule has 4 rings (SSSR count). The summed E-state index contributed by atoms with van der Waals surface area (Å²) in [6.45, 7) is 2.50. The first-order valence-corrected chi connectivity index (χ1v) is 9.76. The number of hydrogen-bond acceptors (Lipinski definition) is 7. The third kappa shape index (κ3) is 2.97. The average molecular weight is 413 g/mol. The Morgan fingerprint density at radius 1 is 1.20 bits per heavy atom. The fourth-order valence-corrected chi connectivity index (χ4v) is 4.07. The Hall–Kier alpha value is -3.49. The lowest BCUT2D eigenvalue weighted by molar-refractivity contribution is -0.136. The van der Waals surface area contributed by atoms with E-state index in [1.807, 2.05) is 6.92 Å². The fraction of sp³-hybridized carbons (Fsp3) is 0.381. The highest BCUT2D eigenvalue weighted by Gasteiger charge is 2.42. The van der Waals surface area contributed by atoms with E-state index < -0.39 is 23.1 Å². The quantitative estimate of drug-likeness (QED) is 0.694. The van der Waals surface area contributed by atoms with Crippen molar-refractivity contribution in [1.82, 2.24) is 9.55 Å². The van der Waals surface area contributed by atoms with Gasteiger partial charge in [-0.1, -0.05) is 25.5 Å². The molecule has 0 radical (unpaired) electrons. The lowest BCUT2D eigenvalue weighted by Crippen LogP contribution is -2.38. The SMILES string of the molecule is CCCCn1c2c(c(=O)[nH]c1=O)[C@H](c1cccc(OC)c1OC)C1=C(COC1=O)N2. The summed E-state index contributed by atoms with van der Waals surface area (Å²) in [5.74, 6) is -0.0178. The summed E-state index contributed by atoms with van der Waals surface area (Å²) in [5, 5.41) is 3.12. The minimum absolute atomic E-state index is 0.0468. The predicted molar refractivity (Wildman–Crippen MR) is 109 cm³/mol. The summed E-state index contributed by atoms with van der Waals surface area (Å²) in [5.41, 5.74) is 0.673. The zero-order valence-electron chi connectivity index (χ0n) is 17.0. The minimum Gasteiger partial charge on any atom is -0.493 e. The van der Waals surface area contributed by atoms with Gasteiger partial charge in [0.15, 0.2) is 11.5 Å². The third-order valence-corrected chi connectivity index (χ3v) is 5.45. The van der Waals surface area contributed by atoms with Crippen LogP contribution in [0.5, 0.6) is 11.5 Å². The maximum absolute atomic E-state index is 13.0. The van der Waals surface area contributed by atoms with Gasteiger partial charge in [0.2, 0.25) is 0 Å². The lowest BCUT2D eigenvalue weighted by atomic mass is 9.82. The highest BCUT2D eigenvalue weighted by molar-refractivity contribution is 5.97. The smallest absolute Gasteiger partial charge is 0.337 e. The first-order chi connectivity index (χ1) is 14.5. The van der Waals surface area contributed by atoms with E-state index in [2.05, 4.69) is 10.3 Å². The van der Waals surface area contributed by atoms with Gasteiger partial charge >= 0.3 is 11.7 Å². The van der Waals surface area contributed by atoms with Crippen LogP contribution >= 0.6 is 0 Å². The molecule has 30 heavy (non-hydrogen) atoms. The Morgan fingerprint density at radius 2 is 2.00 bits per heavy atom. The van der Waals surface area contributed by atoms with Crippen molar-refractivity contribution in [3.8, 4) is 11.5 Å². The van der Waals surface area contributed by atoms with Gasteiger partial charge in [-0.05, 0) is 12.5 Å². The van der Waals surface area contributed by atoms with Crippen molar-refractivity contribution in [3.05, 3.63) is 61.4 Å². The van der Waals surface area contributed by atoms with Crippen LogP contribution in [0.2, 0.25) is 0 Å². The van der Waals surface area contributed by atoms with Gasteiger partial charge in [-0.2, -0.15) is 0 Å². The topological polar surface area (TPSA) is 112 Å². The summed E-state index contributed by atoms with van der Waals surface area (Å²) in [7, 11) is 3.01. The highest BCUT2D eigenvalue weighted by atomic mass is 16.5. The molecule has 0 unspecified atom stereocenters. The number of hydrogen-bond donors (Lipinski definition) is 2. The maximum atomic E-state index is 13.0. The molecule has 2 aliphatic heterocycles. The van der Waals surface area contributed by atoms with Crippen molar-refractivity contribution in [1.29, 1.82) is 0 Å². The largest absolute Gasteiger partial charge is 0.493 e. The van der Waals surface area contributed by atoms with Crippen molar-refractivity contribution in [2.75, 3.05) is 26.1 Å². The molecule has 2 N–H and O–H groups in total. The Kier molecular flexibility index (Phi) is 5.11. The van der Waals surface area contributed by atoms with Crippen LogP contribution < -0.4 is 26.0 Å². The molecule has 0 saturated heterocycles. The van der Waals surface area contributed by atoms with E-state index in [1.165, 1.54) is 18.8 Å². The highest BCUT2D eigenvalue weighted by Crippen LogP contribution is 2.47. The number of carbonyl (C=O) groups is 1. The van der Waals surface area contributed by atoms with Crippen molar-refractivity contribution < 1.29 is 19.0 Å². The van der Waals surface area contributed by atoms with Crippen LogP contribution in [0.4, 0.5) is 5.82 Å². The number of rotatable bonds is 6. The zero-order chi connectivity index (χ0) is 21.4. The Bertz CT molecular complexity index is 1160. The molecule has 9 heteroatoms. The standard InChI is InChI=1S/C21H23N3O6/c1-4-5-9-24-18-16(19(25)23-21(24)27)14(15-12(22-18)10-30-20(15)26)11-7-6-8-13(28-2)17(11)29-3/h6-8,14,22H,4-5,9-10H2,1-3H3,(H,23,25,27)/t14-/m1/s1. The number of aromatic nitrogens is 2. The molecule has 2 aromatic rings. The number of anilines is 1. The van der Waals surface area contributed by atoms with Crippen molar-refractivity contribution in [2.24, 2.45) is 0 Å². The van der Waals surface area contributed by atoms with Gasteiger partial charge in [0.1, 0.15) is 12.4 Å². The maximum Gasteiger partial charge on any atom is 0.337 e. The van der Waals surface area contributed by atoms with Crippen molar-refractivity contribution in [2.45, 2.75) is 32.2 Å². The number of ether oxygens (including phenoxy) is 3. The molecular formula is C21H23N3O6.